The molecular weight excluding hydrogens is 306 g/mol. The van der Waals surface area contributed by atoms with Crippen LogP contribution in [-0.4, -0.2) is 13.7 Å². The summed E-state index contributed by atoms with van der Waals surface area (Å²) in [5.41, 5.74) is 3.55. The maximum atomic E-state index is 5.80. The van der Waals surface area contributed by atoms with Gasteiger partial charge in [0.25, 0.3) is 0 Å². The molecule has 0 saturated carbocycles. The van der Waals surface area contributed by atoms with Crippen LogP contribution in [0, 0.1) is 6.92 Å². The smallest absolute Gasteiger partial charge is 0.127 e. The van der Waals surface area contributed by atoms with Gasteiger partial charge in [-0.05, 0) is 37.7 Å². The third kappa shape index (κ3) is 2.30. The summed E-state index contributed by atoms with van der Waals surface area (Å²) in [6.45, 7) is 2.72. The van der Waals surface area contributed by atoms with Gasteiger partial charge in [-0.3, -0.25) is 0 Å². The zero-order chi connectivity index (χ0) is 13.4. The Balaban J connectivity index is 2.09. The predicted octanol–water partition coefficient (Wildman–Crippen LogP) is 3.59. The Bertz CT molecular complexity index is 606. The van der Waals surface area contributed by atoms with E-state index in [-0.39, 0.29) is 6.04 Å². The average Bonchev–Trinajstić information content (AvgIpc) is 2.99. The van der Waals surface area contributed by atoms with Gasteiger partial charge >= 0.3 is 0 Å². The normalized spacial score (nSPS) is 15.1. The van der Waals surface area contributed by atoms with E-state index in [9.17, 15) is 0 Å². The number of hydrogen-bond acceptors (Lipinski definition) is 3. The van der Waals surface area contributed by atoms with Crippen LogP contribution in [0.3, 0.4) is 0 Å². The van der Waals surface area contributed by atoms with E-state index in [2.05, 4.69) is 39.4 Å². The number of fused-ring (bicyclic) bond motifs is 1. The minimum Gasteiger partial charge on any atom is -0.493 e. The third-order valence-corrected chi connectivity index (χ3v) is 3.92. The standard InChI is InChI=1S/C15H16BrNO2/c1-9-5-11(8-19-9)14(17-2)13-7-12(16)6-10-3-4-18-15(10)13/h5-8,14,17H,3-4H2,1-2H3. The van der Waals surface area contributed by atoms with Crippen LogP contribution in [0.4, 0.5) is 0 Å². The van der Waals surface area contributed by atoms with E-state index >= 15 is 0 Å². The molecule has 100 valence electrons. The molecule has 0 bridgehead atoms. The summed E-state index contributed by atoms with van der Waals surface area (Å²) in [7, 11) is 1.95. The summed E-state index contributed by atoms with van der Waals surface area (Å²) in [4.78, 5) is 0. The van der Waals surface area contributed by atoms with Crippen molar-refractivity contribution < 1.29 is 9.15 Å². The summed E-state index contributed by atoms with van der Waals surface area (Å²) < 4.78 is 12.3. The summed E-state index contributed by atoms with van der Waals surface area (Å²) in [5.74, 6) is 1.93. The van der Waals surface area contributed by atoms with Gasteiger partial charge in [-0.25, -0.2) is 0 Å². The molecule has 1 aromatic heterocycles. The Morgan fingerprint density at radius 3 is 2.84 bits per heavy atom. The average molecular weight is 322 g/mol. The fourth-order valence-corrected chi connectivity index (χ4v) is 3.15. The molecule has 3 rings (SSSR count). The molecule has 1 N–H and O–H groups in total. The van der Waals surface area contributed by atoms with Crippen molar-refractivity contribution in [2.24, 2.45) is 0 Å². The SMILES string of the molecule is CNC(c1coc(C)c1)c1cc(Br)cc2c1OCC2. The summed E-state index contributed by atoms with van der Waals surface area (Å²) >= 11 is 3.58. The van der Waals surface area contributed by atoms with Crippen LogP contribution in [0.1, 0.15) is 28.5 Å². The van der Waals surface area contributed by atoms with Crippen LogP contribution in [-0.2, 0) is 6.42 Å². The number of rotatable bonds is 3. The molecule has 19 heavy (non-hydrogen) atoms. The second-order valence-electron chi connectivity index (χ2n) is 4.79. The van der Waals surface area contributed by atoms with Crippen LogP contribution in [0.25, 0.3) is 0 Å². The Labute approximate surface area is 121 Å². The van der Waals surface area contributed by atoms with Crippen LogP contribution < -0.4 is 10.1 Å². The van der Waals surface area contributed by atoms with E-state index in [1.165, 1.54) is 5.56 Å². The van der Waals surface area contributed by atoms with Crippen molar-refractivity contribution in [3.8, 4) is 5.75 Å². The van der Waals surface area contributed by atoms with Gasteiger partial charge in [0.05, 0.1) is 18.9 Å². The highest BCUT2D eigenvalue weighted by Crippen LogP contribution is 2.38. The second kappa shape index (κ2) is 5.02. The molecule has 1 aliphatic rings. The largest absolute Gasteiger partial charge is 0.493 e. The minimum absolute atomic E-state index is 0.0850. The van der Waals surface area contributed by atoms with E-state index in [0.717, 1.165) is 40.1 Å². The molecule has 0 fully saturated rings. The third-order valence-electron chi connectivity index (χ3n) is 3.46. The second-order valence-corrected chi connectivity index (χ2v) is 5.71. The monoisotopic (exact) mass is 321 g/mol. The molecule has 1 aliphatic heterocycles. The van der Waals surface area contributed by atoms with Gasteiger partial charge in [0.15, 0.2) is 0 Å². The van der Waals surface area contributed by atoms with Crippen molar-refractivity contribution in [2.75, 3.05) is 13.7 Å². The Morgan fingerprint density at radius 1 is 1.32 bits per heavy atom. The number of hydrogen-bond donors (Lipinski definition) is 1. The van der Waals surface area contributed by atoms with Gasteiger partial charge in [-0.2, -0.15) is 0 Å². The molecule has 0 spiro atoms. The number of halogens is 1. The molecule has 3 nitrogen and oxygen atoms in total. The number of ether oxygens (including phenoxy) is 1. The molecule has 0 radical (unpaired) electrons. The van der Waals surface area contributed by atoms with Crippen molar-refractivity contribution in [2.45, 2.75) is 19.4 Å². The lowest BCUT2D eigenvalue weighted by Gasteiger charge is -2.18. The first-order valence-corrected chi connectivity index (χ1v) is 7.15. The Kier molecular flexibility index (Phi) is 3.37. The molecule has 2 aromatic rings. The van der Waals surface area contributed by atoms with Crippen LogP contribution in [0.15, 0.2) is 33.4 Å². The quantitative estimate of drug-likeness (QED) is 0.938. The Morgan fingerprint density at radius 2 is 2.16 bits per heavy atom. The highest BCUT2D eigenvalue weighted by atomic mass is 79.9. The molecule has 2 heterocycles. The van der Waals surface area contributed by atoms with E-state index < -0.39 is 0 Å². The fourth-order valence-electron chi connectivity index (χ4n) is 2.63. The maximum absolute atomic E-state index is 5.80. The zero-order valence-electron chi connectivity index (χ0n) is 11.0. The molecule has 4 heteroatoms. The number of furan rings is 1. The van der Waals surface area contributed by atoms with Gasteiger partial charge in [-0.1, -0.05) is 15.9 Å². The maximum Gasteiger partial charge on any atom is 0.127 e. The molecule has 1 atom stereocenters. The van der Waals surface area contributed by atoms with Gasteiger partial charge in [0.2, 0.25) is 0 Å². The number of benzene rings is 1. The molecule has 1 aromatic carbocycles. The lowest BCUT2D eigenvalue weighted by molar-refractivity contribution is 0.351. The molecule has 0 aliphatic carbocycles. The van der Waals surface area contributed by atoms with Crippen molar-refractivity contribution in [1.82, 2.24) is 5.32 Å². The molecule has 0 saturated heterocycles. The summed E-state index contributed by atoms with van der Waals surface area (Å²) in [6.07, 6.45) is 2.78. The predicted molar refractivity (Wildman–Crippen MR) is 77.7 cm³/mol. The van der Waals surface area contributed by atoms with E-state index in [4.69, 9.17) is 9.15 Å². The topological polar surface area (TPSA) is 34.4 Å². The Hall–Kier alpha value is -1.26. The van der Waals surface area contributed by atoms with Crippen molar-refractivity contribution >= 4 is 15.9 Å². The van der Waals surface area contributed by atoms with Crippen molar-refractivity contribution in [1.29, 1.82) is 0 Å². The van der Waals surface area contributed by atoms with E-state index in [1.807, 2.05) is 14.0 Å². The highest BCUT2D eigenvalue weighted by molar-refractivity contribution is 9.10. The zero-order valence-corrected chi connectivity index (χ0v) is 12.6. The summed E-state index contributed by atoms with van der Waals surface area (Å²) in [5, 5.41) is 3.34. The summed E-state index contributed by atoms with van der Waals surface area (Å²) in [6, 6.07) is 6.40. The van der Waals surface area contributed by atoms with Crippen LogP contribution in [0.2, 0.25) is 0 Å². The first-order valence-electron chi connectivity index (χ1n) is 6.36. The lowest BCUT2D eigenvalue weighted by Crippen LogP contribution is -2.17. The van der Waals surface area contributed by atoms with Gasteiger partial charge in [0.1, 0.15) is 11.5 Å². The van der Waals surface area contributed by atoms with Crippen LogP contribution >= 0.6 is 15.9 Å². The number of nitrogens with one attached hydrogen (secondary N) is 1. The van der Waals surface area contributed by atoms with Gasteiger partial charge < -0.3 is 14.5 Å². The van der Waals surface area contributed by atoms with Crippen molar-refractivity contribution in [3.05, 3.63) is 51.4 Å². The van der Waals surface area contributed by atoms with Gasteiger partial charge in [0, 0.05) is 22.0 Å². The minimum atomic E-state index is 0.0850. The van der Waals surface area contributed by atoms with E-state index in [1.54, 1.807) is 6.26 Å². The molecular formula is C15H16BrNO2. The first kappa shape index (κ1) is 12.8. The highest BCUT2D eigenvalue weighted by Gasteiger charge is 2.24. The lowest BCUT2D eigenvalue weighted by atomic mass is 9.97. The van der Waals surface area contributed by atoms with Gasteiger partial charge in [-0.15, -0.1) is 0 Å². The van der Waals surface area contributed by atoms with Crippen LogP contribution in [0.5, 0.6) is 5.75 Å². The molecule has 1 unspecified atom stereocenters. The fraction of sp³-hybridized carbons (Fsp3) is 0.333. The number of aryl methyl sites for hydroxylation is 1. The molecule has 0 amide bonds. The first-order chi connectivity index (χ1) is 9.19. The van der Waals surface area contributed by atoms with Crippen molar-refractivity contribution in [3.63, 3.8) is 0 Å². The van der Waals surface area contributed by atoms with E-state index in [0.29, 0.717) is 0 Å².